The van der Waals surface area contributed by atoms with Crippen molar-refractivity contribution in [1.82, 2.24) is 39.9 Å². The Morgan fingerprint density at radius 1 is 0.673 bits per heavy atom. The van der Waals surface area contributed by atoms with Crippen LogP contribution in [0, 0.1) is 0 Å². The molecule has 55 heavy (non-hydrogen) atoms. The number of imide groups is 1. The van der Waals surface area contributed by atoms with E-state index in [1.54, 1.807) is 26.8 Å². The van der Waals surface area contributed by atoms with E-state index in [1.165, 1.54) is 0 Å². The van der Waals surface area contributed by atoms with Gasteiger partial charge < -0.3 is 20.6 Å². The zero-order chi connectivity index (χ0) is 39.3. The summed E-state index contributed by atoms with van der Waals surface area (Å²) in [5.41, 5.74) is 3.53. The van der Waals surface area contributed by atoms with Gasteiger partial charge >= 0.3 is 17.9 Å². The van der Waals surface area contributed by atoms with E-state index in [4.69, 9.17) is 15.0 Å². The molecule has 0 saturated carbocycles. The second-order valence-corrected chi connectivity index (χ2v) is 13.3. The molecule has 2 aliphatic rings. The Morgan fingerprint density at radius 3 is 1.65 bits per heavy atom. The third-order valence-corrected chi connectivity index (χ3v) is 9.20. The van der Waals surface area contributed by atoms with Gasteiger partial charge in [-0.25, -0.2) is 15.0 Å². The fraction of sp³-hybridized carbons (Fsp3) is 0.395. The van der Waals surface area contributed by atoms with Gasteiger partial charge in [0, 0.05) is 70.9 Å². The van der Waals surface area contributed by atoms with Gasteiger partial charge in [-0.1, -0.05) is 18.2 Å². The Hall–Kier alpha value is -5.91. The monoisotopic (exact) mass is 756 g/mol. The molecule has 290 valence electrons. The number of carbonyl (C=O) groups is 6. The Balaban J connectivity index is 1.33. The number of carboxylic acid groups (broad SMARTS) is 3. The molecule has 0 unspecified atom stereocenters. The van der Waals surface area contributed by atoms with Gasteiger partial charge in [-0.15, -0.1) is 0 Å². The number of unbranched alkanes of at least 4 members (excludes halogenated alkanes) is 1. The predicted molar refractivity (Wildman–Crippen MR) is 197 cm³/mol. The highest BCUT2D eigenvalue weighted by atomic mass is 16.4. The Labute approximate surface area is 317 Å². The first kappa shape index (κ1) is 40.3. The summed E-state index contributed by atoms with van der Waals surface area (Å²) in [4.78, 5) is 92.9. The number of hydrogen-bond donors (Lipinski definition) is 4. The molecule has 0 spiro atoms. The summed E-state index contributed by atoms with van der Waals surface area (Å²) in [6.07, 6.45) is 3.30. The van der Waals surface area contributed by atoms with E-state index < -0.39 is 35.8 Å². The smallest absolute Gasteiger partial charge is 0.320 e. The Morgan fingerprint density at radius 2 is 1.16 bits per heavy atom. The molecule has 4 N–H and O–H groups in total. The number of aromatic nitrogens is 3. The summed E-state index contributed by atoms with van der Waals surface area (Å²) in [6.45, 7) is 0.535. The number of fused-ring (bicyclic) bond motifs is 8. The van der Waals surface area contributed by atoms with E-state index in [0.29, 0.717) is 47.0 Å². The van der Waals surface area contributed by atoms with Crippen molar-refractivity contribution in [1.29, 1.82) is 0 Å². The Bertz CT molecular complexity index is 1810. The van der Waals surface area contributed by atoms with Gasteiger partial charge in [0.1, 0.15) is 6.04 Å². The lowest BCUT2D eigenvalue weighted by molar-refractivity contribution is -0.145. The molecule has 0 aliphatic carbocycles. The van der Waals surface area contributed by atoms with Crippen LogP contribution in [-0.4, -0.2) is 144 Å². The lowest BCUT2D eigenvalue weighted by Gasteiger charge is -2.33. The lowest BCUT2D eigenvalue weighted by atomic mass is 10.1. The molecule has 0 saturated heterocycles. The number of aliphatic carboxylic acids is 3. The number of pyridine rings is 3. The van der Waals surface area contributed by atoms with Crippen molar-refractivity contribution in [2.75, 3.05) is 52.4 Å². The topological polar surface area (TPSA) is 227 Å². The average Bonchev–Trinajstić information content (AvgIpc) is 3.47. The van der Waals surface area contributed by atoms with Crippen LogP contribution in [0.5, 0.6) is 0 Å². The normalized spacial score (nSPS) is 16.3. The van der Waals surface area contributed by atoms with Crippen molar-refractivity contribution < 1.29 is 44.1 Å². The maximum atomic E-state index is 12.8. The SMILES string of the molecule is O=C(O)CN1CCN([C@@H](CCCCNC(=O)CCN2C(=O)C=CC2=O)C(=O)O)CCN(CC(=O)O)Cc2cccc(n2)-c2cccc(n2)-c2cccc(n2)C1. The Kier molecular flexibility index (Phi) is 14.2. The van der Waals surface area contributed by atoms with Gasteiger partial charge in [0.05, 0.1) is 47.3 Å². The van der Waals surface area contributed by atoms with Crippen molar-refractivity contribution in [3.63, 3.8) is 0 Å². The van der Waals surface area contributed by atoms with E-state index in [-0.39, 0.29) is 84.2 Å². The molecule has 17 nitrogen and oxygen atoms in total. The van der Waals surface area contributed by atoms with E-state index in [2.05, 4.69) is 5.32 Å². The molecular weight excluding hydrogens is 712 g/mol. The number of hydrogen-bond acceptors (Lipinski definition) is 12. The first-order valence-corrected chi connectivity index (χ1v) is 18.0. The van der Waals surface area contributed by atoms with Crippen molar-refractivity contribution >= 4 is 35.6 Å². The van der Waals surface area contributed by atoms with E-state index in [9.17, 15) is 44.1 Å². The van der Waals surface area contributed by atoms with E-state index >= 15 is 0 Å². The zero-order valence-corrected chi connectivity index (χ0v) is 30.2. The van der Waals surface area contributed by atoms with Crippen molar-refractivity contribution in [3.05, 3.63) is 78.1 Å². The van der Waals surface area contributed by atoms with Crippen LogP contribution in [0.1, 0.15) is 37.1 Å². The summed E-state index contributed by atoms with van der Waals surface area (Å²) in [5, 5.41) is 32.7. The van der Waals surface area contributed by atoms with E-state index in [0.717, 1.165) is 17.1 Å². The number of carboxylic acids is 3. The summed E-state index contributed by atoms with van der Waals surface area (Å²) >= 11 is 0. The predicted octanol–water partition coefficient (Wildman–Crippen LogP) is 1.35. The van der Waals surface area contributed by atoms with Crippen molar-refractivity contribution in [3.8, 4) is 22.8 Å². The highest BCUT2D eigenvalue weighted by molar-refractivity contribution is 6.13. The molecule has 3 aromatic rings. The third-order valence-electron chi connectivity index (χ3n) is 9.20. The molecule has 2 aliphatic heterocycles. The number of nitrogens with one attached hydrogen (secondary N) is 1. The van der Waals surface area contributed by atoms with Crippen LogP contribution in [0.2, 0.25) is 0 Å². The fourth-order valence-corrected chi connectivity index (χ4v) is 6.48. The minimum atomic E-state index is -1.09. The standard InChI is InChI=1S/C38H44N8O9/c47-33(15-17-46-34(48)13-14-35(46)49)39-16-2-1-12-32(38(54)55)45-20-18-43(24-36(50)51)22-26-6-3-8-28(40-26)30-10-5-11-31(42-30)29-9-4-7-27(41-29)23-44(19-21-45)25-37(52)53/h3-11,13-14,32H,1-2,12,15-25H2,(H,39,47)(H,50,51)(H,52,53)(H,54,55)/t32-/m0/s1. The summed E-state index contributed by atoms with van der Waals surface area (Å²) in [6, 6.07) is 15.3. The molecule has 17 heteroatoms. The molecule has 6 bridgehead atoms. The van der Waals surface area contributed by atoms with Gasteiger partial charge in [0.25, 0.3) is 11.8 Å². The van der Waals surface area contributed by atoms with Gasteiger partial charge in [0.2, 0.25) is 5.91 Å². The molecular formula is C38H44N8O9. The van der Waals surface area contributed by atoms with Gasteiger partial charge in [-0.3, -0.25) is 48.4 Å². The molecule has 5 rings (SSSR count). The zero-order valence-electron chi connectivity index (χ0n) is 30.2. The second-order valence-electron chi connectivity index (χ2n) is 13.3. The van der Waals surface area contributed by atoms with Crippen LogP contribution < -0.4 is 5.32 Å². The largest absolute Gasteiger partial charge is 0.480 e. The lowest BCUT2D eigenvalue weighted by Crippen LogP contribution is -2.49. The highest BCUT2D eigenvalue weighted by Gasteiger charge is 2.28. The molecule has 0 radical (unpaired) electrons. The summed E-state index contributed by atoms with van der Waals surface area (Å²) in [5.74, 6) is -4.50. The average molecular weight is 757 g/mol. The number of carbonyl (C=O) groups excluding carboxylic acids is 3. The number of amides is 3. The van der Waals surface area contributed by atoms with Crippen LogP contribution in [-0.2, 0) is 41.9 Å². The molecule has 1 atom stereocenters. The van der Waals surface area contributed by atoms with Crippen LogP contribution in [0.15, 0.2) is 66.7 Å². The number of rotatable bonds is 14. The van der Waals surface area contributed by atoms with Crippen molar-refractivity contribution in [2.24, 2.45) is 0 Å². The maximum Gasteiger partial charge on any atom is 0.320 e. The van der Waals surface area contributed by atoms with E-state index in [1.807, 2.05) is 42.5 Å². The molecule has 3 amide bonds. The van der Waals surface area contributed by atoms with Gasteiger partial charge in [-0.05, 0) is 55.7 Å². The van der Waals surface area contributed by atoms with Crippen LogP contribution in [0.4, 0.5) is 0 Å². The first-order chi connectivity index (χ1) is 26.4. The van der Waals surface area contributed by atoms with Crippen LogP contribution >= 0.6 is 0 Å². The molecule has 3 aromatic heterocycles. The summed E-state index contributed by atoms with van der Waals surface area (Å²) < 4.78 is 0. The van der Waals surface area contributed by atoms with Gasteiger partial charge in [0.15, 0.2) is 0 Å². The maximum absolute atomic E-state index is 12.8. The third kappa shape index (κ3) is 12.0. The minimum absolute atomic E-state index is 0.0436. The second kappa shape index (κ2) is 19.4. The van der Waals surface area contributed by atoms with Crippen LogP contribution in [0.3, 0.4) is 0 Å². The quantitative estimate of drug-likeness (QED) is 0.135. The minimum Gasteiger partial charge on any atom is -0.480 e. The fourth-order valence-electron chi connectivity index (χ4n) is 6.48. The van der Waals surface area contributed by atoms with Crippen LogP contribution in [0.25, 0.3) is 22.8 Å². The first-order valence-electron chi connectivity index (χ1n) is 18.0. The van der Waals surface area contributed by atoms with Gasteiger partial charge in [-0.2, -0.15) is 0 Å². The molecule has 0 fully saturated rings. The summed E-state index contributed by atoms with van der Waals surface area (Å²) in [7, 11) is 0. The molecule has 5 heterocycles. The number of nitrogens with zero attached hydrogens (tertiary/aromatic N) is 7. The highest BCUT2D eigenvalue weighted by Crippen LogP contribution is 2.22. The van der Waals surface area contributed by atoms with Crippen molar-refractivity contribution in [2.45, 2.75) is 44.8 Å². The molecule has 0 aromatic carbocycles.